The maximum absolute atomic E-state index is 12.2. The third kappa shape index (κ3) is 27.7. The highest BCUT2D eigenvalue weighted by Crippen LogP contribution is 2.10. The minimum Gasteiger partial charge on any atom is -0.394 e. The van der Waals surface area contributed by atoms with E-state index in [-0.39, 0.29) is 12.5 Å². The number of aliphatic hydroxyl groups is 2. The number of hydrogen-bond donors (Lipinski definition) is 3. The first-order valence-corrected chi connectivity index (χ1v) is 16.4. The summed E-state index contributed by atoms with van der Waals surface area (Å²) < 4.78 is 0. The van der Waals surface area contributed by atoms with E-state index in [0.717, 1.165) is 51.4 Å². The van der Waals surface area contributed by atoms with Crippen molar-refractivity contribution < 1.29 is 15.0 Å². The van der Waals surface area contributed by atoms with E-state index >= 15 is 0 Å². The number of unbranched alkanes of at least 4 members (excludes halogenated alkanes) is 15. The Kier molecular flexibility index (Phi) is 29.6. The van der Waals surface area contributed by atoms with Crippen LogP contribution in [0.3, 0.4) is 0 Å². The monoisotopic (exact) mass is 545 g/mol. The molecule has 0 aliphatic carbocycles. The SMILES string of the molecule is CCCCCC/C=C\CCCCCCCC(=O)NC(CO)C(O)/C=C/CC/C=C/CC/C=C/CCCCCC. The summed E-state index contributed by atoms with van der Waals surface area (Å²) in [6.45, 7) is 4.22. The summed E-state index contributed by atoms with van der Waals surface area (Å²) in [5.74, 6) is -0.0922. The molecular weight excluding hydrogens is 482 g/mol. The fraction of sp³-hybridized carbons (Fsp3) is 0.743. The van der Waals surface area contributed by atoms with E-state index in [1.807, 2.05) is 6.08 Å². The second-order valence-corrected chi connectivity index (χ2v) is 10.8. The summed E-state index contributed by atoms with van der Waals surface area (Å²) >= 11 is 0. The summed E-state index contributed by atoms with van der Waals surface area (Å²) in [5, 5.41) is 22.7. The van der Waals surface area contributed by atoms with Crippen LogP contribution in [0.1, 0.15) is 149 Å². The molecular formula is C35H63NO3. The minimum absolute atomic E-state index is 0.0922. The van der Waals surface area contributed by atoms with Gasteiger partial charge in [-0.1, -0.05) is 120 Å². The number of hydrogen-bond acceptors (Lipinski definition) is 3. The molecule has 3 N–H and O–H groups in total. The molecule has 0 aliphatic heterocycles. The molecule has 1 amide bonds. The quantitative estimate of drug-likeness (QED) is 0.0677. The van der Waals surface area contributed by atoms with Crippen LogP contribution in [0.25, 0.3) is 0 Å². The van der Waals surface area contributed by atoms with E-state index in [2.05, 4.69) is 55.6 Å². The van der Waals surface area contributed by atoms with Crippen molar-refractivity contribution in [1.82, 2.24) is 5.32 Å². The van der Waals surface area contributed by atoms with Crippen molar-refractivity contribution >= 4 is 5.91 Å². The lowest BCUT2D eigenvalue weighted by Gasteiger charge is -2.19. The molecule has 0 saturated heterocycles. The molecule has 0 radical (unpaired) electrons. The van der Waals surface area contributed by atoms with E-state index in [1.54, 1.807) is 6.08 Å². The zero-order valence-corrected chi connectivity index (χ0v) is 25.6. The summed E-state index contributed by atoms with van der Waals surface area (Å²) in [6, 6.07) is -0.646. The molecule has 0 rings (SSSR count). The van der Waals surface area contributed by atoms with Gasteiger partial charge in [-0.05, 0) is 70.6 Å². The topological polar surface area (TPSA) is 69.6 Å². The van der Waals surface area contributed by atoms with Crippen LogP contribution in [0.2, 0.25) is 0 Å². The number of rotatable bonds is 28. The first-order valence-electron chi connectivity index (χ1n) is 16.4. The number of carbonyl (C=O) groups excluding carboxylic acids is 1. The third-order valence-corrected chi connectivity index (χ3v) is 7.01. The Morgan fingerprint density at radius 3 is 1.49 bits per heavy atom. The Hall–Kier alpha value is -1.65. The second-order valence-electron chi connectivity index (χ2n) is 10.8. The predicted molar refractivity (Wildman–Crippen MR) is 170 cm³/mol. The Morgan fingerprint density at radius 1 is 0.590 bits per heavy atom. The average molecular weight is 546 g/mol. The van der Waals surface area contributed by atoms with Crippen LogP contribution in [0.15, 0.2) is 48.6 Å². The van der Waals surface area contributed by atoms with Crippen molar-refractivity contribution in [3.63, 3.8) is 0 Å². The molecule has 2 atom stereocenters. The third-order valence-electron chi connectivity index (χ3n) is 7.01. The fourth-order valence-electron chi connectivity index (χ4n) is 4.44. The molecule has 0 aromatic rings. The van der Waals surface area contributed by atoms with Crippen LogP contribution in [0.4, 0.5) is 0 Å². The highest BCUT2D eigenvalue weighted by atomic mass is 16.3. The molecule has 39 heavy (non-hydrogen) atoms. The van der Waals surface area contributed by atoms with Gasteiger partial charge in [-0.15, -0.1) is 0 Å². The van der Waals surface area contributed by atoms with Crippen molar-refractivity contribution in [2.75, 3.05) is 6.61 Å². The van der Waals surface area contributed by atoms with Gasteiger partial charge in [0.1, 0.15) is 0 Å². The maximum atomic E-state index is 12.2. The summed E-state index contributed by atoms with van der Waals surface area (Å²) in [5.41, 5.74) is 0. The Balaban J connectivity index is 3.78. The van der Waals surface area contributed by atoms with Gasteiger partial charge in [0.15, 0.2) is 0 Å². The Morgan fingerprint density at radius 2 is 1.00 bits per heavy atom. The van der Waals surface area contributed by atoms with Gasteiger partial charge in [0.2, 0.25) is 5.91 Å². The van der Waals surface area contributed by atoms with Gasteiger partial charge < -0.3 is 15.5 Å². The lowest BCUT2D eigenvalue weighted by Crippen LogP contribution is -2.45. The lowest BCUT2D eigenvalue weighted by molar-refractivity contribution is -0.123. The van der Waals surface area contributed by atoms with Gasteiger partial charge >= 0.3 is 0 Å². The smallest absolute Gasteiger partial charge is 0.220 e. The van der Waals surface area contributed by atoms with Crippen LogP contribution in [-0.2, 0) is 4.79 Å². The van der Waals surface area contributed by atoms with Gasteiger partial charge in [0.05, 0.1) is 18.8 Å². The minimum atomic E-state index is -0.870. The van der Waals surface area contributed by atoms with E-state index < -0.39 is 12.1 Å². The van der Waals surface area contributed by atoms with Gasteiger partial charge in [0, 0.05) is 6.42 Å². The van der Waals surface area contributed by atoms with Crippen molar-refractivity contribution in [3.05, 3.63) is 48.6 Å². The van der Waals surface area contributed by atoms with Crippen LogP contribution in [-0.4, -0.2) is 34.9 Å². The molecule has 0 spiro atoms. The zero-order valence-electron chi connectivity index (χ0n) is 25.6. The number of aliphatic hydroxyl groups excluding tert-OH is 2. The molecule has 0 aromatic heterocycles. The molecule has 4 heteroatoms. The molecule has 0 fully saturated rings. The fourth-order valence-corrected chi connectivity index (χ4v) is 4.44. The van der Waals surface area contributed by atoms with E-state index in [9.17, 15) is 15.0 Å². The van der Waals surface area contributed by atoms with E-state index in [0.29, 0.717) is 6.42 Å². The van der Waals surface area contributed by atoms with Crippen LogP contribution in [0.5, 0.6) is 0 Å². The standard InChI is InChI=1S/C35H63NO3/c1-3-5-7-9-11-13-15-17-19-20-22-24-26-28-30-34(38)33(32-37)36-35(39)31-29-27-25-23-21-18-16-14-12-10-8-6-4-2/h13-16,20,22,28,30,33-34,37-38H,3-12,17-19,21,23-27,29,31-32H2,1-2H3,(H,36,39)/b15-13+,16-14-,22-20+,30-28+. The molecule has 0 aliphatic rings. The number of nitrogens with one attached hydrogen (secondary N) is 1. The Bertz CT molecular complexity index is 638. The Labute approximate surface area is 242 Å². The summed E-state index contributed by atoms with van der Waals surface area (Å²) in [6.07, 6.45) is 40.4. The summed E-state index contributed by atoms with van der Waals surface area (Å²) in [4.78, 5) is 12.2. The van der Waals surface area contributed by atoms with E-state index in [1.165, 1.54) is 77.0 Å². The summed E-state index contributed by atoms with van der Waals surface area (Å²) in [7, 11) is 0. The first kappa shape index (κ1) is 37.4. The largest absolute Gasteiger partial charge is 0.394 e. The van der Waals surface area contributed by atoms with Crippen molar-refractivity contribution in [2.24, 2.45) is 0 Å². The maximum Gasteiger partial charge on any atom is 0.220 e. The normalized spacial score (nSPS) is 13.8. The molecule has 0 aromatic carbocycles. The zero-order chi connectivity index (χ0) is 28.7. The van der Waals surface area contributed by atoms with Gasteiger partial charge in [-0.2, -0.15) is 0 Å². The highest BCUT2D eigenvalue weighted by Gasteiger charge is 2.17. The van der Waals surface area contributed by atoms with Crippen LogP contribution < -0.4 is 5.32 Å². The van der Waals surface area contributed by atoms with Crippen molar-refractivity contribution in [3.8, 4) is 0 Å². The predicted octanol–water partition coefficient (Wildman–Crippen LogP) is 9.28. The van der Waals surface area contributed by atoms with Gasteiger partial charge in [-0.3, -0.25) is 4.79 Å². The lowest BCUT2D eigenvalue weighted by atomic mass is 10.1. The van der Waals surface area contributed by atoms with Gasteiger partial charge in [0.25, 0.3) is 0 Å². The van der Waals surface area contributed by atoms with Crippen molar-refractivity contribution in [1.29, 1.82) is 0 Å². The molecule has 0 heterocycles. The molecule has 226 valence electrons. The molecule has 0 saturated carbocycles. The first-order chi connectivity index (χ1) is 19.2. The highest BCUT2D eigenvalue weighted by molar-refractivity contribution is 5.76. The number of carbonyl (C=O) groups is 1. The molecule has 0 bridgehead atoms. The van der Waals surface area contributed by atoms with Crippen molar-refractivity contribution in [2.45, 2.75) is 161 Å². The number of amides is 1. The van der Waals surface area contributed by atoms with E-state index in [4.69, 9.17) is 0 Å². The van der Waals surface area contributed by atoms with Crippen LogP contribution in [0, 0.1) is 0 Å². The molecule has 2 unspecified atom stereocenters. The molecule has 4 nitrogen and oxygen atoms in total. The van der Waals surface area contributed by atoms with Crippen LogP contribution >= 0.6 is 0 Å². The second kappa shape index (κ2) is 30.9. The number of allylic oxidation sites excluding steroid dienone is 7. The van der Waals surface area contributed by atoms with Gasteiger partial charge in [-0.25, -0.2) is 0 Å². The average Bonchev–Trinajstić information content (AvgIpc) is 2.94.